The van der Waals surface area contributed by atoms with Crippen LogP contribution in [0, 0.1) is 5.82 Å². The van der Waals surface area contributed by atoms with Crippen LogP contribution in [0.3, 0.4) is 0 Å². The molecular formula is C15H19FN4O. The summed E-state index contributed by atoms with van der Waals surface area (Å²) in [6.45, 7) is 3.04. The zero-order valence-electron chi connectivity index (χ0n) is 12.2. The summed E-state index contributed by atoms with van der Waals surface area (Å²) in [6.07, 6.45) is 1.64. The second kappa shape index (κ2) is 6.49. The predicted octanol–water partition coefficient (Wildman–Crippen LogP) is 1.54. The predicted molar refractivity (Wildman–Crippen MR) is 80.8 cm³/mol. The Kier molecular flexibility index (Phi) is 4.70. The van der Waals surface area contributed by atoms with Gasteiger partial charge in [0.15, 0.2) is 0 Å². The molecule has 5 nitrogen and oxygen atoms in total. The highest BCUT2D eigenvalue weighted by atomic mass is 19.1. The van der Waals surface area contributed by atoms with E-state index in [2.05, 4.69) is 5.10 Å². The molecular weight excluding hydrogens is 271 g/mol. The first-order valence-electron chi connectivity index (χ1n) is 6.80. The number of nitrogens with two attached hydrogens (primary N) is 1. The number of benzene rings is 1. The quantitative estimate of drug-likeness (QED) is 0.907. The van der Waals surface area contributed by atoms with Gasteiger partial charge in [0, 0.05) is 25.7 Å². The summed E-state index contributed by atoms with van der Waals surface area (Å²) in [4.78, 5) is 14.0. The molecule has 0 saturated carbocycles. The second-order valence-electron chi connectivity index (χ2n) is 4.91. The van der Waals surface area contributed by atoms with Crippen LogP contribution in [0.1, 0.15) is 18.5 Å². The van der Waals surface area contributed by atoms with Crippen molar-refractivity contribution in [1.82, 2.24) is 9.78 Å². The zero-order chi connectivity index (χ0) is 15.4. The van der Waals surface area contributed by atoms with Crippen LogP contribution in [-0.2, 0) is 6.54 Å². The minimum atomic E-state index is -0.412. The van der Waals surface area contributed by atoms with E-state index in [1.807, 2.05) is 18.9 Å². The third-order valence-corrected chi connectivity index (χ3v) is 3.44. The van der Waals surface area contributed by atoms with E-state index in [-0.39, 0.29) is 17.9 Å². The van der Waals surface area contributed by atoms with Crippen molar-refractivity contribution >= 4 is 5.69 Å². The Balaban J connectivity index is 2.16. The minimum Gasteiger partial charge on any atom is -0.373 e. The van der Waals surface area contributed by atoms with Gasteiger partial charge in [-0.15, -0.1) is 0 Å². The summed E-state index contributed by atoms with van der Waals surface area (Å²) < 4.78 is 14.2. The van der Waals surface area contributed by atoms with Crippen molar-refractivity contribution < 1.29 is 4.39 Å². The molecule has 1 aromatic carbocycles. The van der Waals surface area contributed by atoms with Crippen molar-refractivity contribution in [3.05, 3.63) is 58.3 Å². The maximum atomic E-state index is 12.9. The number of anilines is 1. The third-order valence-electron chi connectivity index (χ3n) is 3.44. The van der Waals surface area contributed by atoms with Crippen LogP contribution in [0.4, 0.5) is 10.1 Å². The van der Waals surface area contributed by atoms with E-state index in [0.717, 1.165) is 17.8 Å². The molecule has 2 rings (SSSR count). The number of halogens is 1. The molecule has 0 aliphatic rings. The molecule has 0 spiro atoms. The van der Waals surface area contributed by atoms with E-state index in [0.29, 0.717) is 0 Å². The topological polar surface area (TPSA) is 64.2 Å². The normalized spacial score (nSPS) is 12.2. The molecule has 2 N–H and O–H groups in total. The Morgan fingerprint density at radius 3 is 2.62 bits per heavy atom. The van der Waals surface area contributed by atoms with E-state index in [9.17, 15) is 9.18 Å². The van der Waals surface area contributed by atoms with Crippen molar-refractivity contribution in [2.75, 3.05) is 18.5 Å². The largest absolute Gasteiger partial charge is 0.373 e. The highest BCUT2D eigenvalue weighted by Gasteiger charge is 2.10. The van der Waals surface area contributed by atoms with Crippen LogP contribution in [0.2, 0.25) is 0 Å². The zero-order valence-corrected chi connectivity index (χ0v) is 12.2. The fourth-order valence-electron chi connectivity index (χ4n) is 1.95. The minimum absolute atomic E-state index is 0.203. The summed E-state index contributed by atoms with van der Waals surface area (Å²) in [5.41, 5.74) is 7.37. The maximum absolute atomic E-state index is 12.9. The number of hydrogen-bond donors (Lipinski definition) is 1. The van der Waals surface area contributed by atoms with Crippen LogP contribution in [-0.4, -0.2) is 23.4 Å². The molecule has 0 radical (unpaired) electrons. The first-order chi connectivity index (χ1) is 10.0. The lowest BCUT2D eigenvalue weighted by Crippen LogP contribution is -2.29. The molecule has 6 heteroatoms. The third kappa shape index (κ3) is 3.66. The van der Waals surface area contributed by atoms with E-state index < -0.39 is 6.04 Å². The highest BCUT2D eigenvalue weighted by Crippen LogP contribution is 2.13. The van der Waals surface area contributed by atoms with Crippen molar-refractivity contribution in [2.24, 2.45) is 5.73 Å². The van der Waals surface area contributed by atoms with E-state index in [1.165, 1.54) is 22.9 Å². The molecule has 1 aromatic heterocycles. The Hall–Kier alpha value is -2.21. The summed E-state index contributed by atoms with van der Waals surface area (Å²) in [5, 5.41) is 4.14. The molecule has 0 aliphatic carbocycles. The lowest BCUT2D eigenvalue weighted by Gasteiger charge is -2.17. The average molecular weight is 290 g/mol. The monoisotopic (exact) mass is 290 g/mol. The number of aromatic nitrogens is 2. The fourth-order valence-corrected chi connectivity index (χ4v) is 1.95. The average Bonchev–Trinajstić information content (AvgIpc) is 2.49. The smallest absolute Gasteiger partial charge is 0.268 e. The Labute approximate surface area is 122 Å². The molecule has 0 amide bonds. The van der Waals surface area contributed by atoms with Gasteiger partial charge in [0.1, 0.15) is 5.82 Å². The molecule has 112 valence electrons. The van der Waals surface area contributed by atoms with E-state index in [4.69, 9.17) is 5.73 Å². The SMILES string of the molecule is CCN(C)c1cnn(CC(N)c2ccc(F)cc2)c(=O)c1. The molecule has 2 aromatic rings. The van der Waals surface area contributed by atoms with Gasteiger partial charge in [-0.3, -0.25) is 4.79 Å². The van der Waals surface area contributed by atoms with Crippen LogP contribution >= 0.6 is 0 Å². The Morgan fingerprint density at radius 2 is 2.05 bits per heavy atom. The van der Waals surface area contributed by atoms with Gasteiger partial charge in [-0.25, -0.2) is 9.07 Å². The lowest BCUT2D eigenvalue weighted by molar-refractivity contribution is 0.503. The number of nitrogens with zero attached hydrogens (tertiary/aromatic N) is 3. The highest BCUT2D eigenvalue weighted by molar-refractivity contribution is 5.41. The molecule has 1 atom stereocenters. The summed E-state index contributed by atoms with van der Waals surface area (Å²) in [5.74, 6) is -0.312. The van der Waals surface area contributed by atoms with Crippen molar-refractivity contribution in [2.45, 2.75) is 19.5 Å². The molecule has 0 bridgehead atoms. The fraction of sp³-hybridized carbons (Fsp3) is 0.333. The van der Waals surface area contributed by atoms with E-state index in [1.54, 1.807) is 18.3 Å². The molecule has 0 aliphatic heterocycles. The van der Waals surface area contributed by atoms with Crippen LogP contribution in [0.5, 0.6) is 0 Å². The number of hydrogen-bond acceptors (Lipinski definition) is 4. The molecule has 0 fully saturated rings. The van der Waals surface area contributed by atoms with Gasteiger partial charge >= 0.3 is 0 Å². The molecule has 1 unspecified atom stereocenters. The van der Waals surface area contributed by atoms with Crippen molar-refractivity contribution in [1.29, 1.82) is 0 Å². The van der Waals surface area contributed by atoms with Gasteiger partial charge in [0.25, 0.3) is 5.56 Å². The first-order valence-corrected chi connectivity index (χ1v) is 6.80. The van der Waals surface area contributed by atoms with Gasteiger partial charge in [0.05, 0.1) is 18.4 Å². The van der Waals surface area contributed by atoms with Gasteiger partial charge in [-0.1, -0.05) is 12.1 Å². The summed E-state index contributed by atoms with van der Waals surface area (Å²) >= 11 is 0. The molecule has 21 heavy (non-hydrogen) atoms. The van der Waals surface area contributed by atoms with Crippen molar-refractivity contribution in [3.63, 3.8) is 0 Å². The van der Waals surface area contributed by atoms with Crippen molar-refractivity contribution in [3.8, 4) is 0 Å². The second-order valence-corrected chi connectivity index (χ2v) is 4.91. The molecule has 0 saturated heterocycles. The van der Waals surface area contributed by atoms with E-state index >= 15 is 0 Å². The van der Waals surface area contributed by atoms with Gasteiger partial charge < -0.3 is 10.6 Å². The van der Waals surface area contributed by atoms with Gasteiger partial charge in [-0.05, 0) is 24.6 Å². The first kappa shape index (κ1) is 15.2. The summed E-state index contributed by atoms with van der Waals surface area (Å²) in [6, 6.07) is 7.06. The Morgan fingerprint density at radius 1 is 1.38 bits per heavy atom. The maximum Gasteiger partial charge on any atom is 0.268 e. The lowest BCUT2D eigenvalue weighted by atomic mass is 10.1. The number of rotatable bonds is 5. The van der Waals surface area contributed by atoms with Gasteiger partial charge in [0.2, 0.25) is 0 Å². The van der Waals surface area contributed by atoms with Gasteiger partial charge in [-0.2, -0.15) is 5.10 Å². The van der Waals surface area contributed by atoms with Crippen LogP contribution < -0.4 is 16.2 Å². The van der Waals surface area contributed by atoms with Crippen LogP contribution in [0.25, 0.3) is 0 Å². The standard InChI is InChI=1S/C15H19FN4O/c1-3-19(2)13-8-15(21)20(18-9-13)10-14(17)11-4-6-12(16)7-5-11/h4-9,14H,3,10,17H2,1-2H3. The van der Waals surface area contributed by atoms with Crippen LogP contribution in [0.15, 0.2) is 41.3 Å². The molecule has 1 heterocycles. The Bertz CT molecular complexity index is 653. The summed E-state index contributed by atoms with van der Waals surface area (Å²) in [7, 11) is 1.89.